The van der Waals surface area contributed by atoms with Crippen molar-refractivity contribution in [3.8, 4) is 44.5 Å². The van der Waals surface area contributed by atoms with E-state index in [9.17, 15) is 0 Å². The summed E-state index contributed by atoms with van der Waals surface area (Å²) in [5.41, 5.74) is 14.3. The normalized spacial score (nSPS) is 11.4. The molecule has 0 bridgehead atoms. The van der Waals surface area contributed by atoms with Crippen LogP contribution >= 0.6 is 0 Å². The zero-order valence-electron chi connectivity index (χ0n) is 31.7. The Morgan fingerprint density at radius 2 is 0.810 bits per heavy atom. The maximum absolute atomic E-state index is 6.55. The highest BCUT2D eigenvalue weighted by molar-refractivity contribution is 6.19. The molecule has 0 saturated heterocycles. The van der Waals surface area contributed by atoms with Crippen molar-refractivity contribution < 1.29 is 4.42 Å². The smallest absolute Gasteiger partial charge is 0.136 e. The summed E-state index contributed by atoms with van der Waals surface area (Å²) in [7, 11) is 0. The van der Waals surface area contributed by atoms with Crippen molar-refractivity contribution in [3.63, 3.8) is 0 Å². The summed E-state index contributed by atoms with van der Waals surface area (Å²) in [6, 6.07) is 80.8. The Hall–Kier alpha value is -7.68. The Bertz CT molecular complexity index is 3170. The predicted octanol–water partition coefficient (Wildman–Crippen LogP) is 16.0. The predicted molar refractivity (Wildman–Crippen MR) is 245 cm³/mol. The lowest BCUT2D eigenvalue weighted by Gasteiger charge is -2.30. The molecular weight excluding hydrogens is 703 g/mol. The second kappa shape index (κ2) is 14.1. The first-order valence-corrected chi connectivity index (χ1v) is 19.8. The zero-order chi connectivity index (χ0) is 38.4. The van der Waals surface area contributed by atoms with Gasteiger partial charge in [-0.05, 0) is 109 Å². The highest BCUT2D eigenvalue weighted by Gasteiger charge is 2.25. The van der Waals surface area contributed by atoms with Gasteiger partial charge < -0.3 is 9.32 Å². The van der Waals surface area contributed by atoms with Crippen LogP contribution in [0.3, 0.4) is 0 Å². The minimum Gasteiger partial charge on any atom is -0.456 e. The third kappa shape index (κ3) is 5.74. The minimum atomic E-state index is 0.869. The number of fused-ring (bicyclic) bond motifs is 6. The summed E-state index contributed by atoms with van der Waals surface area (Å²) >= 11 is 0. The van der Waals surface area contributed by atoms with Gasteiger partial charge in [-0.2, -0.15) is 0 Å². The van der Waals surface area contributed by atoms with Gasteiger partial charge in [-0.15, -0.1) is 0 Å². The zero-order valence-corrected chi connectivity index (χ0v) is 31.7. The molecule has 0 aliphatic rings. The maximum atomic E-state index is 6.55. The largest absolute Gasteiger partial charge is 0.456 e. The molecule has 0 unspecified atom stereocenters. The summed E-state index contributed by atoms with van der Waals surface area (Å²) in [5, 5.41) is 7.13. The summed E-state index contributed by atoms with van der Waals surface area (Å²) < 4.78 is 6.55. The minimum absolute atomic E-state index is 0.869. The number of anilines is 3. The van der Waals surface area contributed by atoms with Gasteiger partial charge in [-0.1, -0.05) is 176 Å². The monoisotopic (exact) mass is 739 g/mol. The lowest BCUT2D eigenvalue weighted by atomic mass is 9.86. The van der Waals surface area contributed by atoms with Crippen LogP contribution in [0, 0.1) is 0 Å². The number of rotatable bonds is 7. The topological polar surface area (TPSA) is 16.4 Å². The van der Waals surface area contributed by atoms with E-state index in [2.05, 4.69) is 223 Å². The number of para-hydroxylation sites is 1. The van der Waals surface area contributed by atoms with E-state index in [-0.39, 0.29) is 0 Å². The lowest BCUT2D eigenvalue weighted by Crippen LogP contribution is -2.12. The van der Waals surface area contributed by atoms with Crippen LogP contribution in [0.5, 0.6) is 0 Å². The van der Waals surface area contributed by atoms with E-state index in [1.54, 1.807) is 0 Å². The van der Waals surface area contributed by atoms with Gasteiger partial charge in [0.15, 0.2) is 0 Å². The molecule has 58 heavy (non-hydrogen) atoms. The molecule has 1 heterocycles. The van der Waals surface area contributed by atoms with Crippen LogP contribution in [0.25, 0.3) is 88.0 Å². The molecule has 0 spiro atoms. The fourth-order valence-electron chi connectivity index (χ4n) is 8.79. The first-order chi connectivity index (χ1) is 28.8. The third-order valence-corrected chi connectivity index (χ3v) is 11.5. The van der Waals surface area contributed by atoms with Crippen molar-refractivity contribution in [2.24, 2.45) is 0 Å². The number of benzene rings is 10. The van der Waals surface area contributed by atoms with Crippen molar-refractivity contribution in [2.75, 3.05) is 4.90 Å². The molecule has 2 nitrogen and oxygen atoms in total. The molecule has 0 aliphatic carbocycles. The molecule has 0 fully saturated rings. The molecule has 2 heteroatoms. The van der Waals surface area contributed by atoms with Crippen molar-refractivity contribution >= 4 is 60.5 Å². The molecule has 10 aromatic carbocycles. The van der Waals surface area contributed by atoms with E-state index < -0.39 is 0 Å². The van der Waals surface area contributed by atoms with Gasteiger partial charge in [0.2, 0.25) is 0 Å². The first kappa shape index (κ1) is 33.6. The fourth-order valence-corrected chi connectivity index (χ4v) is 8.79. The molecule has 0 atom stereocenters. The summed E-state index contributed by atoms with van der Waals surface area (Å²) in [6.45, 7) is 0. The first-order valence-electron chi connectivity index (χ1n) is 19.8. The van der Waals surface area contributed by atoms with E-state index >= 15 is 0 Å². The Kier molecular flexibility index (Phi) is 8.19. The molecule has 11 rings (SSSR count). The average molecular weight is 740 g/mol. The Labute approximate surface area is 337 Å². The van der Waals surface area contributed by atoms with Crippen LogP contribution in [0.4, 0.5) is 17.1 Å². The van der Waals surface area contributed by atoms with Crippen LogP contribution in [-0.4, -0.2) is 0 Å². The molecule has 11 aromatic rings. The summed E-state index contributed by atoms with van der Waals surface area (Å²) in [4.78, 5) is 2.42. The highest BCUT2D eigenvalue weighted by Crippen LogP contribution is 2.50. The van der Waals surface area contributed by atoms with Gasteiger partial charge in [-0.25, -0.2) is 0 Å². The molecule has 0 radical (unpaired) electrons. The summed E-state index contributed by atoms with van der Waals surface area (Å²) in [5.74, 6) is 0. The second-order valence-corrected chi connectivity index (χ2v) is 14.8. The fraction of sp³-hybridized carbons (Fsp3) is 0. The van der Waals surface area contributed by atoms with Crippen LogP contribution in [-0.2, 0) is 0 Å². The van der Waals surface area contributed by atoms with Gasteiger partial charge in [0.25, 0.3) is 0 Å². The van der Waals surface area contributed by atoms with Gasteiger partial charge in [0.05, 0.1) is 5.69 Å². The van der Waals surface area contributed by atoms with Gasteiger partial charge >= 0.3 is 0 Å². The highest BCUT2D eigenvalue weighted by atomic mass is 16.3. The number of hydrogen-bond donors (Lipinski definition) is 0. The van der Waals surface area contributed by atoms with Crippen LogP contribution < -0.4 is 4.90 Å². The molecule has 1 aromatic heterocycles. The number of nitrogens with zero attached hydrogens (tertiary/aromatic N) is 1. The van der Waals surface area contributed by atoms with E-state index in [1.807, 2.05) is 6.07 Å². The molecule has 0 aliphatic heterocycles. The molecule has 0 N–H and O–H groups in total. The second-order valence-electron chi connectivity index (χ2n) is 14.8. The van der Waals surface area contributed by atoms with E-state index in [0.717, 1.165) is 55.7 Å². The maximum Gasteiger partial charge on any atom is 0.136 e. The Morgan fingerprint density at radius 1 is 0.310 bits per heavy atom. The Balaban J connectivity index is 1.22. The third-order valence-electron chi connectivity index (χ3n) is 11.5. The molecule has 272 valence electrons. The number of hydrogen-bond acceptors (Lipinski definition) is 2. The SMILES string of the molecule is c1ccc(-c2ccc(N(c3ccc(-c4ccccc4)cc3)c3cccc(-c4cc5ccccc5c5ccccc45)c3-c3cccc4oc5ccccc5c34)cc2)cc1. The summed E-state index contributed by atoms with van der Waals surface area (Å²) in [6.07, 6.45) is 0. The molecular formula is C56H37NO. The van der Waals surface area contributed by atoms with Crippen LogP contribution in [0.1, 0.15) is 0 Å². The van der Waals surface area contributed by atoms with Crippen molar-refractivity contribution in [2.45, 2.75) is 0 Å². The van der Waals surface area contributed by atoms with E-state index in [4.69, 9.17) is 4.42 Å². The average Bonchev–Trinajstić information content (AvgIpc) is 3.69. The van der Waals surface area contributed by atoms with Crippen LogP contribution in [0.2, 0.25) is 0 Å². The van der Waals surface area contributed by atoms with Crippen molar-refractivity contribution in [1.29, 1.82) is 0 Å². The van der Waals surface area contributed by atoms with Gasteiger partial charge in [0.1, 0.15) is 11.2 Å². The quantitative estimate of drug-likeness (QED) is 0.151. The van der Waals surface area contributed by atoms with Crippen molar-refractivity contribution in [1.82, 2.24) is 0 Å². The standard InChI is InChI=1S/C56H37NO/c1-3-15-38(16-4-1)40-29-33-43(34-30-40)57(44-35-31-41(32-36-44)39-17-5-2-6-18-39)52-26-13-24-48(51-37-42-19-7-8-20-45(42)46-21-9-10-22-47(46)51)55(52)50-25-14-28-54-56(50)49-23-11-12-27-53(49)58-54/h1-37H. The van der Waals surface area contributed by atoms with Crippen LogP contribution in [0.15, 0.2) is 229 Å². The van der Waals surface area contributed by atoms with Gasteiger partial charge in [0, 0.05) is 27.7 Å². The molecule has 0 saturated carbocycles. The Morgan fingerprint density at radius 3 is 1.48 bits per heavy atom. The lowest BCUT2D eigenvalue weighted by molar-refractivity contribution is 0.669. The van der Waals surface area contributed by atoms with Crippen molar-refractivity contribution in [3.05, 3.63) is 224 Å². The molecule has 0 amide bonds. The van der Waals surface area contributed by atoms with E-state index in [1.165, 1.54) is 49.4 Å². The van der Waals surface area contributed by atoms with Gasteiger partial charge in [-0.3, -0.25) is 0 Å². The number of furan rings is 1. The van der Waals surface area contributed by atoms with E-state index in [0.29, 0.717) is 0 Å².